The zero-order chi connectivity index (χ0) is 4.99. The van der Waals surface area contributed by atoms with Crippen LogP contribution in [0.1, 0.15) is 0 Å². The summed E-state index contributed by atoms with van der Waals surface area (Å²) in [5, 5.41) is 7.79. The van der Waals surface area contributed by atoms with E-state index in [2.05, 4.69) is 4.74 Å². The third kappa shape index (κ3) is 32.2. The van der Waals surface area contributed by atoms with E-state index < -0.39 is 5.97 Å². The second-order valence-electron chi connectivity index (χ2n) is 0.827. The normalized spacial score (nSPS) is 5.44. The number of methoxy groups -OCH3 is 1. The summed E-state index contributed by atoms with van der Waals surface area (Å²) in [6, 6.07) is 0. The number of rotatable bonds is 2. The summed E-state index contributed by atoms with van der Waals surface area (Å²) in [5.41, 5.74) is 0. The smallest absolute Gasteiger partial charge is 0.329 e. The second kappa shape index (κ2) is 15.7. The molecule has 0 rings (SSSR count). The minimum absolute atomic E-state index is 0. The third-order valence-electron chi connectivity index (χ3n) is 0.268. The van der Waals surface area contributed by atoms with Crippen molar-refractivity contribution >= 4 is 30.8 Å². The van der Waals surface area contributed by atoms with E-state index in [4.69, 9.17) is 5.11 Å². The van der Waals surface area contributed by atoms with Crippen LogP contribution in [0.25, 0.3) is 0 Å². The first-order chi connectivity index (χ1) is 2.77. The van der Waals surface area contributed by atoms with Crippen LogP contribution in [-0.4, -0.2) is 30.3 Å². The lowest BCUT2D eigenvalue weighted by atomic mass is 10.8. The monoisotopic (exact) mass is 180 g/mol. The Morgan fingerprint density at radius 1 is 1.56 bits per heavy atom. The maximum absolute atomic E-state index is 9.47. The van der Waals surface area contributed by atoms with Crippen LogP contribution >= 0.6 is 24.8 Å². The van der Waals surface area contributed by atoms with E-state index >= 15 is 0 Å². The molecule has 6 heteroatoms. The number of carboxylic acids is 1. The summed E-state index contributed by atoms with van der Waals surface area (Å²) in [7, 11) is 1.34. The first kappa shape index (κ1) is 23.1. The first-order valence-electron chi connectivity index (χ1n) is 1.48. The molecule has 3 N–H and O–H groups in total. The molecule has 0 fully saturated rings. The van der Waals surface area contributed by atoms with E-state index in [1.165, 1.54) is 7.11 Å². The van der Waals surface area contributed by atoms with Gasteiger partial charge in [0, 0.05) is 7.11 Å². The summed E-state index contributed by atoms with van der Waals surface area (Å²) >= 11 is 0. The molecule has 0 aliphatic carbocycles. The van der Waals surface area contributed by atoms with Crippen LogP contribution in [0.2, 0.25) is 0 Å². The van der Waals surface area contributed by atoms with Crippen LogP contribution in [-0.2, 0) is 9.53 Å². The molecule has 0 atom stereocenters. The Bertz CT molecular complexity index is 57.8. The molecule has 0 aliphatic rings. The van der Waals surface area contributed by atoms with Gasteiger partial charge in [-0.1, -0.05) is 0 Å². The van der Waals surface area contributed by atoms with E-state index in [0.717, 1.165) is 0 Å². The molecule has 0 aromatic rings. The van der Waals surface area contributed by atoms with Crippen LogP contribution in [0.5, 0.6) is 0 Å². The molecule has 9 heavy (non-hydrogen) atoms. The lowest BCUT2D eigenvalue weighted by Crippen LogP contribution is -2.02. The van der Waals surface area contributed by atoms with Crippen LogP contribution in [0, 0.1) is 0 Å². The maximum atomic E-state index is 9.47. The Morgan fingerprint density at radius 3 is 1.89 bits per heavy atom. The van der Waals surface area contributed by atoms with Crippen molar-refractivity contribution in [3.8, 4) is 0 Å². The molecule has 0 radical (unpaired) electrons. The van der Waals surface area contributed by atoms with Crippen molar-refractivity contribution in [2.24, 2.45) is 0 Å². The average Bonchev–Trinajstić information content (AvgIpc) is 1.35. The zero-order valence-electron chi connectivity index (χ0n) is 4.79. The van der Waals surface area contributed by atoms with E-state index in [0.29, 0.717) is 0 Å². The molecule has 0 aromatic heterocycles. The number of carboxylic acid groups (broad SMARTS) is 1. The van der Waals surface area contributed by atoms with Gasteiger partial charge in [-0.3, -0.25) is 0 Å². The molecule has 0 unspecified atom stereocenters. The van der Waals surface area contributed by atoms with Gasteiger partial charge in [0.15, 0.2) is 0 Å². The van der Waals surface area contributed by atoms with Gasteiger partial charge in [-0.05, 0) is 0 Å². The molecule has 4 nitrogen and oxygen atoms in total. The number of hydrogen-bond donors (Lipinski definition) is 1. The molecule has 0 spiro atoms. The van der Waals surface area contributed by atoms with E-state index in [9.17, 15) is 4.79 Å². The fourth-order valence-electron chi connectivity index (χ4n) is 0.123. The van der Waals surface area contributed by atoms with Gasteiger partial charge >= 0.3 is 5.97 Å². The highest BCUT2D eigenvalue weighted by atomic mass is 35.5. The molecule has 0 aliphatic heterocycles. The number of halogens is 2. The van der Waals surface area contributed by atoms with Crippen LogP contribution in [0.15, 0.2) is 0 Å². The van der Waals surface area contributed by atoms with Crippen molar-refractivity contribution in [2.45, 2.75) is 0 Å². The standard InChI is InChI=1S/C3H6O3.2ClH.H2O/c1-6-2-3(4)5;;;/h2H2,1H3,(H,4,5);2*1H;1H2. The average molecular weight is 181 g/mol. The summed E-state index contributed by atoms with van der Waals surface area (Å²) < 4.78 is 4.20. The van der Waals surface area contributed by atoms with Crippen molar-refractivity contribution in [1.82, 2.24) is 0 Å². The quantitative estimate of drug-likeness (QED) is 0.637. The third-order valence-corrected chi connectivity index (χ3v) is 0.268. The molecule has 0 aromatic carbocycles. The van der Waals surface area contributed by atoms with Crippen molar-refractivity contribution < 1.29 is 20.1 Å². The number of carbonyl (C=O) groups is 1. The predicted molar refractivity (Wildman–Crippen MR) is 37.6 cm³/mol. The molecular weight excluding hydrogens is 171 g/mol. The molecular formula is C3H10Cl2O4. The van der Waals surface area contributed by atoms with Gasteiger partial charge in [0.25, 0.3) is 0 Å². The first-order valence-corrected chi connectivity index (χ1v) is 1.48. The largest absolute Gasteiger partial charge is 0.480 e. The van der Waals surface area contributed by atoms with Gasteiger partial charge in [-0.15, -0.1) is 24.8 Å². The van der Waals surface area contributed by atoms with Gasteiger partial charge in [-0.25, -0.2) is 4.79 Å². The fourth-order valence-corrected chi connectivity index (χ4v) is 0.123. The molecule has 0 saturated heterocycles. The summed E-state index contributed by atoms with van der Waals surface area (Å²) in [6.45, 7) is -0.208. The summed E-state index contributed by atoms with van der Waals surface area (Å²) in [4.78, 5) is 9.47. The number of aliphatic carboxylic acids is 1. The lowest BCUT2D eigenvalue weighted by Gasteiger charge is -1.83. The predicted octanol–water partition coefficient (Wildman–Crippen LogP) is -0.264. The summed E-state index contributed by atoms with van der Waals surface area (Å²) in [5.74, 6) is -0.933. The van der Waals surface area contributed by atoms with Crippen molar-refractivity contribution in [2.75, 3.05) is 13.7 Å². The van der Waals surface area contributed by atoms with Crippen LogP contribution < -0.4 is 0 Å². The van der Waals surface area contributed by atoms with Gasteiger partial charge in [-0.2, -0.15) is 0 Å². The molecule has 0 bridgehead atoms. The Morgan fingerprint density at radius 2 is 1.89 bits per heavy atom. The van der Waals surface area contributed by atoms with Gasteiger partial charge in [0.1, 0.15) is 6.61 Å². The SMILES string of the molecule is COCC(=O)O.Cl.Cl.O. The van der Waals surface area contributed by atoms with Crippen LogP contribution in [0.4, 0.5) is 0 Å². The lowest BCUT2D eigenvalue weighted by molar-refractivity contribution is -0.141. The number of hydrogen-bond acceptors (Lipinski definition) is 2. The van der Waals surface area contributed by atoms with Crippen LogP contribution in [0.3, 0.4) is 0 Å². The van der Waals surface area contributed by atoms with Crippen molar-refractivity contribution in [3.05, 3.63) is 0 Å². The second-order valence-corrected chi connectivity index (χ2v) is 0.827. The molecule has 60 valence electrons. The highest BCUT2D eigenvalue weighted by Gasteiger charge is 1.87. The van der Waals surface area contributed by atoms with E-state index in [-0.39, 0.29) is 36.9 Å². The highest BCUT2D eigenvalue weighted by molar-refractivity contribution is 5.85. The topological polar surface area (TPSA) is 78.0 Å². The zero-order valence-corrected chi connectivity index (χ0v) is 6.42. The Balaban J connectivity index is -0.0000000417. The Kier molecular flexibility index (Phi) is 40.2. The van der Waals surface area contributed by atoms with Gasteiger partial charge in [0.2, 0.25) is 0 Å². The minimum Gasteiger partial charge on any atom is -0.480 e. The highest BCUT2D eigenvalue weighted by Crippen LogP contribution is 1.61. The maximum Gasteiger partial charge on any atom is 0.329 e. The van der Waals surface area contributed by atoms with E-state index in [1.807, 2.05) is 0 Å². The Hall–Kier alpha value is -0.0300. The van der Waals surface area contributed by atoms with Crippen molar-refractivity contribution in [3.63, 3.8) is 0 Å². The van der Waals surface area contributed by atoms with Gasteiger partial charge < -0.3 is 15.3 Å². The van der Waals surface area contributed by atoms with E-state index in [1.54, 1.807) is 0 Å². The molecule has 0 amide bonds. The minimum atomic E-state index is -0.933. The molecule has 0 saturated carbocycles. The number of ether oxygens (including phenoxy) is 1. The summed E-state index contributed by atoms with van der Waals surface area (Å²) in [6.07, 6.45) is 0. The van der Waals surface area contributed by atoms with Gasteiger partial charge in [0.05, 0.1) is 0 Å². The molecule has 0 heterocycles. The Labute approximate surface area is 65.3 Å². The fraction of sp³-hybridized carbons (Fsp3) is 0.667. The van der Waals surface area contributed by atoms with Crippen molar-refractivity contribution in [1.29, 1.82) is 0 Å².